The number of hydrogen-bond acceptors (Lipinski definition) is 4. The van der Waals surface area contributed by atoms with E-state index in [1.54, 1.807) is 25.1 Å². The van der Waals surface area contributed by atoms with Gasteiger partial charge in [-0.3, -0.25) is 4.79 Å². The number of hydrogen-bond donors (Lipinski definition) is 2. The number of carboxylic acid groups (broad SMARTS) is 1. The Labute approximate surface area is 117 Å². The molecule has 1 heterocycles. The van der Waals surface area contributed by atoms with Crippen LogP contribution in [0.2, 0.25) is 0 Å². The van der Waals surface area contributed by atoms with Gasteiger partial charge in [-0.1, -0.05) is 12.1 Å². The highest BCUT2D eigenvalue weighted by Crippen LogP contribution is 2.24. The van der Waals surface area contributed by atoms with E-state index in [2.05, 4.69) is 0 Å². The molecule has 2 rings (SSSR count). The molecular weight excluding hydrogens is 282 g/mol. The number of carboxylic acids is 1. The maximum absolute atomic E-state index is 12.5. The van der Waals surface area contributed by atoms with E-state index in [4.69, 9.17) is 5.11 Å². The van der Waals surface area contributed by atoms with Crippen molar-refractivity contribution in [1.29, 1.82) is 0 Å². The van der Waals surface area contributed by atoms with Gasteiger partial charge in [-0.15, -0.1) is 0 Å². The van der Waals surface area contributed by atoms with Gasteiger partial charge in [0.2, 0.25) is 10.0 Å². The number of sulfonamides is 1. The average molecular weight is 299 g/mol. The molecule has 1 aromatic rings. The minimum absolute atomic E-state index is 0.126. The summed E-state index contributed by atoms with van der Waals surface area (Å²) >= 11 is 0. The molecule has 1 aliphatic rings. The van der Waals surface area contributed by atoms with Crippen LogP contribution >= 0.6 is 0 Å². The Morgan fingerprint density at radius 2 is 2.10 bits per heavy atom. The van der Waals surface area contributed by atoms with Crippen LogP contribution in [0, 0.1) is 12.8 Å². The Balaban J connectivity index is 2.29. The summed E-state index contributed by atoms with van der Waals surface area (Å²) in [7, 11) is -3.72. The molecule has 1 saturated heterocycles. The maximum Gasteiger partial charge on any atom is 0.310 e. The van der Waals surface area contributed by atoms with Crippen molar-refractivity contribution in [3.63, 3.8) is 0 Å². The lowest BCUT2D eigenvalue weighted by atomic mass is 9.96. The summed E-state index contributed by atoms with van der Waals surface area (Å²) < 4.78 is 26.1. The highest BCUT2D eigenvalue weighted by atomic mass is 32.2. The molecule has 0 spiro atoms. The van der Waals surface area contributed by atoms with Gasteiger partial charge in [0.1, 0.15) is 0 Å². The largest absolute Gasteiger partial charge is 0.481 e. The Hall–Kier alpha value is -1.44. The standard InChI is InChI=1S/C13H17NO5S/c1-9-3-2-4-10(7-9)20(18,19)14-6-5-12(15)11(8-14)13(16)17/h2-4,7,11-12,15H,5-6,8H2,1H3,(H,16,17)/t11-,12+/m0/s1. The number of benzene rings is 1. The fraction of sp³-hybridized carbons (Fsp3) is 0.462. The number of aliphatic hydroxyl groups excluding tert-OH is 1. The molecule has 0 aliphatic carbocycles. The molecule has 20 heavy (non-hydrogen) atoms. The second-order valence-electron chi connectivity index (χ2n) is 4.98. The number of aryl methyl sites for hydroxylation is 1. The first-order valence-electron chi connectivity index (χ1n) is 6.30. The summed E-state index contributed by atoms with van der Waals surface area (Å²) in [6.07, 6.45) is -0.876. The van der Waals surface area contributed by atoms with Crippen LogP contribution in [0.1, 0.15) is 12.0 Å². The molecule has 0 saturated carbocycles. The van der Waals surface area contributed by atoms with Gasteiger partial charge < -0.3 is 10.2 Å². The zero-order valence-corrected chi connectivity index (χ0v) is 11.9. The molecular formula is C13H17NO5S. The summed E-state index contributed by atoms with van der Waals surface area (Å²) in [5.41, 5.74) is 0.818. The monoisotopic (exact) mass is 299 g/mol. The quantitative estimate of drug-likeness (QED) is 0.845. The van der Waals surface area contributed by atoms with Crippen molar-refractivity contribution in [3.8, 4) is 0 Å². The van der Waals surface area contributed by atoms with Gasteiger partial charge in [0, 0.05) is 13.1 Å². The molecule has 0 radical (unpaired) electrons. The van der Waals surface area contributed by atoms with Crippen molar-refractivity contribution >= 4 is 16.0 Å². The molecule has 6 nitrogen and oxygen atoms in total. The zero-order chi connectivity index (χ0) is 14.9. The first-order valence-corrected chi connectivity index (χ1v) is 7.74. The highest BCUT2D eigenvalue weighted by Gasteiger charge is 2.38. The second kappa shape index (κ2) is 5.51. The SMILES string of the molecule is Cc1cccc(S(=O)(=O)N2CC[C@@H](O)[C@@H](C(=O)O)C2)c1. The van der Waals surface area contributed by atoms with E-state index in [9.17, 15) is 18.3 Å². The van der Waals surface area contributed by atoms with Crippen LogP contribution in [0.4, 0.5) is 0 Å². The van der Waals surface area contributed by atoms with Gasteiger partial charge in [-0.05, 0) is 31.0 Å². The normalized spacial score (nSPS) is 24.5. The molecule has 2 N–H and O–H groups in total. The smallest absolute Gasteiger partial charge is 0.310 e. The van der Waals surface area contributed by atoms with Crippen molar-refractivity contribution in [2.24, 2.45) is 5.92 Å². The van der Waals surface area contributed by atoms with Crippen LogP contribution in [0.5, 0.6) is 0 Å². The molecule has 0 amide bonds. The minimum Gasteiger partial charge on any atom is -0.481 e. The zero-order valence-electron chi connectivity index (χ0n) is 11.1. The number of rotatable bonds is 3. The fourth-order valence-electron chi connectivity index (χ4n) is 2.30. The lowest BCUT2D eigenvalue weighted by Gasteiger charge is -2.33. The number of carbonyl (C=O) groups is 1. The molecule has 1 fully saturated rings. The third-order valence-electron chi connectivity index (χ3n) is 3.48. The Morgan fingerprint density at radius 3 is 2.70 bits per heavy atom. The Bertz CT molecular complexity index is 613. The summed E-state index contributed by atoms with van der Waals surface area (Å²) in [4.78, 5) is 11.2. The number of nitrogens with zero attached hydrogens (tertiary/aromatic N) is 1. The predicted octanol–water partition coefficient (Wildman–Crippen LogP) is 0.451. The first-order chi connectivity index (χ1) is 9.32. The summed E-state index contributed by atoms with van der Waals surface area (Å²) in [6, 6.07) is 6.48. The van der Waals surface area contributed by atoms with Gasteiger partial charge in [0.25, 0.3) is 0 Å². The van der Waals surface area contributed by atoms with Crippen LogP contribution in [-0.4, -0.2) is 48.1 Å². The molecule has 1 aliphatic heterocycles. The maximum atomic E-state index is 12.5. The van der Waals surface area contributed by atoms with Crippen molar-refractivity contribution in [2.75, 3.05) is 13.1 Å². The molecule has 0 aromatic heterocycles. The summed E-state index contributed by atoms with van der Waals surface area (Å²) in [5.74, 6) is -2.26. The Kier molecular flexibility index (Phi) is 4.12. The van der Waals surface area contributed by atoms with Crippen molar-refractivity contribution in [1.82, 2.24) is 4.31 Å². The van der Waals surface area contributed by atoms with Crippen LogP contribution in [0.15, 0.2) is 29.2 Å². The van der Waals surface area contributed by atoms with E-state index in [1.807, 2.05) is 0 Å². The van der Waals surface area contributed by atoms with E-state index in [0.29, 0.717) is 0 Å². The van der Waals surface area contributed by atoms with Crippen molar-refractivity contribution in [2.45, 2.75) is 24.3 Å². The van der Waals surface area contributed by atoms with Crippen LogP contribution in [0.25, 0.3) is 0 Å². The van der Waals surface area contributed by atoms with Gasteiger partial charge >= 0.3 is 5.97 Å². The third-order valence-corrected chi connectivity index (χ3v) is 5.34. The number of aliphatic hydroxyl groups is 1. The molecule has 7 heteroatoms. The molecule has 110 valence electrons. The summed E-state index contributed by atoms with van der Waals surface area (Å²) in [6.45, 7) is 1.72. The van der Waals surface area contributed by atoms with E-state index in [1.165, 1.54) is 6.07 Å². The third kappa shape index (κ3) is 2.84. The Morgan fingerprint density at radius 1 is 1.40 bits per heavy atom. The predicted molar refractivity (Wildman–Crippen MR) is 71.7 cm³/mol. The van der Waals surface area contributed by atoms with E-state index >= 15 is 0 Å². The molecule has 2 atom stereocenters. The fourth-order valence-corrected chi connectivity index (χ4v) is 3.88. The van der Waals surface area contributed by atoms with E-state index < -0.39 is 28.0 Å². The van der Waals surface area contributed by atoms with Crippen LogP contribution < -0.4 is 0 Å². The lowest BCUT2D eigenvalue weighted by molar-refractivity contribution is -0.147. The van der Waals surface area contributed by atoms with Crippen molar-refractivity contribution in [3.05, 3.63) is 29.8 Å². The lowest BCUT2D eigenvalue weighted by Crippen LogP contribution is -2.48. The van der Waals surface area contributed by atoms with Crippen LogP contribution in [0.3, 0.4) is 0 Å². The van der Waals surface area contributed by atoms with E-state index in [-0.39, 0.29) is 24.4 Å². The molecule has 0 unspecified atom stereocenters. The average Bonchev–Trinajstić information content (AvgIpc) is 2.38. The van der Waals surface area contributed by atoms with Gasteiger partial charge in [0.15, 0.2) is 0 Å². The minimum atomic E-state index is -3.72. The number of aliphatic carboxylic acids is 1. The van der Waals surface area contributed by atoms with Crippen molar-refractivity contribution < 1.29 is 23.4 Å². The number of piperidine rings is 1. The molecule has 0 bridgehead atoms. The molecule has 1 aromatic carbocycles. The van der Waals surface area contributed by atoms with Gasteiger partial charge in [0.05, 0.1) is 16.9 Å². The second-order valence-corrected chi connectivity index (χ2v) is 6.92. The topological polar surface area (TPSA) is 94.9 Å². The van der Waals surface area contributed by atoms with Crippen LogP contribution in [-0.2, 0) is 14.8 Å². The summed E-state index contributed by atoms with van der Waals surface area (Å²) in [5, 5.41) is 18.7. The van der Waals surface area contributed by atoms with Gasteiger partial charge in [-0.2, -0.15) is 4.31 Å². The first kappa shape index (κ1) is 15.0. The highest BCUT2D eigenvalue weighted by molar-refractivity contribution is 7.89. The van der Waals surface area contributed by atoms with Gasteiger partial charge in [-0.25, -0.2) is 8.42 Å². The van der Waals surface area contributed by atoms with E-state index in [0.717, 1.165) is 9.87 Å².